The van der Waals surface area contributed by atoms with Crippen molar-refractivity contribution in [2.24, 2.45) is 7.05 Å². The van der Waals surface area contributed by atoms with Gasteiger partial charge in [0, 0.05) is 23.7 Å². The molecule has 0 aromatic carbocycles. The number of nitrogens with zero attached hydrogens (tertiary/aromatic N) is 2. The summed E-state index contributed by atoms with van der Waals surface area (Å²) in [5, 5.41) is 4.05. The molecule has 3 nitrogen and oxygen atoms in total. The van der Waals surface area contributed by atoms with Crippen LogP contribution in [0.4, 0.5) is 0 Å². The Morgan fingerprint density at radius 3 is 3.00 bits per heavy atom. The third-order valence-electron chi connectivity index (χ3n) is 2.55. The van der Waals surface area contributed by atoms with Gasteiger partial charge in [0.25, 0.3) is 0 Å². The van der Waals surface area contributed by atoms with Crippen LogP contribution < -0.4 is 0 Å². The van der Waals surface area contributed by atoms with E-state index in [1.54, 1.807) is 34.4 Å². The Balaban J connectivity index is 2.04. The van der Waals surface area contributed by atoms with Crippen molar-refractivity contribution < 1.29 is 4.79 Å². The van der Waals surface area contributed by atoms with Gasteiger partial charge in [-0.1, -0.05) is 13.3 Å². The number of hydrogen-bond donors (Lipinski definition) is 0. The largest absolute Gasteiger partial charge is 0.288 e. The van der Waals surface area contributed by atoms with Gasteiger partial charge in [-0.15, -0.1) is 11.3 Å². The molecule has 94 valence electrons. The lowest BCUT2D eigenvalue weighted by Gasteiger charge is -1.90. The van der Waals surface area contributed by atoms with Crippen molar-refractivity contribution in [3.63, 3.8) is 0 Å². The molecule has 18 heavy (non-hydrogen) atoms. The van der Waals surface area contributed by atoms with Gasteiger partial charge in [0.15, 0.2) is 5.78 Å². The number of hydrogen-bond acceptors (Lipinski definition) is 3. The highest BCUT2D eigenvalue weighted by Gasteiger charge is 2.05. The summed E-state index contributed by atoms with van der Waals surface area (Å²) in [6.45, 7) is 2.14. The van der Waals surface area contributed by atoms with Gasteiger partial charge in [0.2, 0.25) is 0 Å². The van der Waals surface area contributed by atoms with Crippen LogP contribution in [-0.2, 0) is 13.5 Å². The van der Waals surface area contributed by atoms with Crippen LogP contribution >= 0.6 is 11.3 Å². The van der Waals surface area contributed by atoms with Crippen LogP contribution in [-0.4, -0.2) is 15.6 Å². The molecular formula is C14H16N2OS. The summed E-state index contributed by atoms with van der Waals surface area (Å²) in [6.07, 6.45) is 9.18. The molecule has 2 aromatic heterocycles. The minimum atomic E-state index is 0.0613. The van der Waals surface area contributed by atoms with E-state index in [0.29, 0.717) is 0 Å². The van der Waals surface area contributed by atoms with Crippen LogP contribution in [0.25, 0.3) is 6.08 Å². The van der Waals surface area contributed by atoms with Gasteiger partial charge in [-0.05, 0) is 30.7 Å². The van der Waals surface area contributed by atoms with E-state index in [1.807, 2.05) is 25.4 Å². The minimum absolute atomic E-state index is 0.0613. The molecule has 0 unspecified atom stereocenters. The Labute approximate surface area is 111 Å². The maximum atomic E-state index is 11.9. The number of aromatic nitrogens is 2. The number of allylic oxidation sites excluding steroid dienone is 1. The lowest BCUT2D eigenvalue weighted by Crippen LogP contribution is -1.88. The Kier molecular flexibility index (Phi) is 4.10. The number of carbonyl (C=O) groups is 1. The number of aryl methyl sites for hydroxylation is 2. The molecule has 0 amide bonds. The summed E-state index contributed by atoms with van der Waals surface area (Å²) in [4.78, 5) is 14.0. The van der Waals surface area contributed by atoms with E-state index in [1.165, 1.54) is 4.88 Å². The SMILES string of the molecule is CCCc1ccc(C(=O)/C=C/c2cnn(C)c2)s1. The van der Waals surface area contributed by atoms with Crippen molar-refractivity contribution >= 4 is 23.2 Å². The number of carbonyl (C=O) groups excluding carboxylic acids is 1. The second-order valence-corrected chi connectivity index (χ2v) is 5.33. The molecule has 0 aliphatic carbocycles. The second-order valence-electron chi connectivity index (χ2n) is 4.16. The van der Waals surface area contributed by atoms with E-state index >= 15 is 0 Å². The van der Waals surface area contributed by atoms with Crippen molar-refractivity contribution in [1.29, 1.82) is 0 Å². The van der Waals surface area contributed by atoms with Crippen LogP contribution in [0.2, 0.25) is 0 Å². The highest BCUT2D eigenvalue weighted by Crippen LogP contribution is 2.19. The summed E-state index contributed by atoms with van der Waals surface area (Å²) < 4.78 is 1.72. The summed E-state index contributed by atoms with van der Waals surface area (Å²) in [7, 11) is 1.86. The third-order valence-corrected chi connectivity index (χ3v) is 3.71. The Bertz CT molecular complexity index is 566. The number of thiophene rings is 1. The molecule has 0 aliphatic heterocycles. The zero-order chi connectivity index (χ0) is 13.0. The first kappa shape index (κ1) is 12.8. The van der Waals surface area contributed by atoms with E-state index in [4.69, 9.17) is 0 Å². The number of ketones is 1. The molecule has 0 spiro atoms. The van der Waals surface area contributed by atoms with Gasteiger partial charge in [-0.3, -0.25) is 9.48 Å². The fourth-order valence-electron chi connectivity index (χ4n) is 1.67. The van der Waals surface area contributed by atoms with Gasteiger partial charge in [-0.25, -0.2) is 0 Å². The average Bonchev–Trinajstić information content (AvgIpc) is 2.96. The predicted molar refractivity (Wildman–Crippen MR) is 74.9 cm³/mol. The summed E-state index contributed by atoms with van der Waals surface area (Å²) in [5.74, 6) is 0.0613. The van der Waals surface area contributed by atoms with Crippen molar-refractivity contribution in [2.45, 2.75) is 19.8 Å². The summed E-state index contributed by atoms with van der Waals surface area (Å²) in [5.41, 5.74) is 0.941. The molecule has 0 saturated heterocycles. The van der Waals surface area contributed by atoms with Gasteiger partial charge in [0.1, 0.15) is 0 Å². The molecule has 0 atom stereocenters. The summed E-state index contributed by atoms with van der Waals surface area (Å²) in [6, 6.07) is 3.95. The van der Waals surface area contributed by atoms with E-state index in [2.05, 4.69) is 12.0 Å². The first-order chi connectivity index (χ1) is 8.69. The standard InChI is InChI=1S/C14H16N2OS/c1-3-4-12-6-8-14(18-12)13(17)7-5-11-9-15-16(2)10-11/h5-10H,3-4H2,1-2H3/b7-5+. The maximum Gasteiger partial charge on any atom is 0.195 e. The Morgan fingerprint density at radius 2 is 2.33 bits per heavy atom. The van der Waals surface area contributed by atoms with Gasteiger partial charge < -0.3 is 0 Å². The monoisotopic (exact) mass is 260 g/mol. The van der Waals surface area contributed by atoms with Crippen molar-refractivity contribution in [1.82, 2.24) is 9.78 Å². The smallest absolute Gasteiger partial charge is 0.195 e. The summed E-state index contributed by atoms with van der Waals surface area (Å²) >= 11 is 1.58. The topological polar surface area (TPSA) is 34.9 Å². The zero-order valence-corrected chi connectivity index (χ0v) is 11.4. The van der Waals surface area contributed by atoms with Gasteiger partial charge >= 0.3 is 0 Å². The fraction of sp³-hybridized carbons (Fsp3) is 0.286. The molecule has 0 saturated carbocycles. The van der Waals surface area contributed by atoms with Gasteiger partial charge in [-0.2, -0.15) is 5.10 Å². The highest BCUT2D eigenvalue weighted by atomic mass is 32.1. The second kappa shape index (κ2) is 5.78. The Morgan fingerprint density at radius 1 is 1.50 bits per heavy atom. The molecule has 4 heteroatoms. The van der Waals surface area contributed by atoms with Crippen molar-refractivity contribution in [2.75, 3.05) is 0 Å². The van der Waals surface area contributed by atoms with Crippen molar-refractivity contribution in [3.05, 3.63) is 45.9 Å². The Hall–Kier alpha value is -1.68. The molecule has 0 fully saturated rings. The molecule has 0 bridgehead atoms. The first-order valence-corrected chi connectivity index (χ1v) is 6.80. The molecule has 2 rings (SSSR count). The van der Waals surface area contributed by atoms with E-state index in [0.717, 1.165) is 23.3 Å². The average molecular weight is 260 g/mol. The zero-order valence-electron chi connectivity index (χ0n) is 10.6. The molecule has 2 aromatic rings. The fourth-order valence-corrected chi connectivity index (χ4v) is 2.70. The van der Waals surface area contributed by atoms with Crippen LogP contribution in [0.15, 0.2) is 30.6 Å². The van der Waals surface area contributed by atoms with E-state index < -0.39 is 0 Å². The third kappa shape index (κ3) is 3.17. The van der Waals surface area contributed by atoms with Crippen LogP contribution in [0, 0.1) is 0 Å². The predicted octanol–water partition coefficient (Wildman–Crippen LogP) is 3.33. The molecule has 0 radical (unpaired) electrons. The van der Waals surface area contributed by atoms with Crippen LogP contribution in [0.1, 0.15) is 33.5 Å². The van der Waals surface area contributed by atoms with Crippen molar-refractivity contribution in [3.8, 4) is 0 Å². The quantitative estimate of drug-likeness (QED) is 0.610. The molecule has 2 heterocycles. The lowest BCUT2D eigenvalue weighted by atomic mass is 10.2. The van der Waals surface area contributed by atoms with E-state index in [-0.39, 0.29) is 5.78 Å². The normalized spacial score (nSPS) is 11.2. The van der Waals surface area contributed by atoms with E-state index in [9.17, 15) is 4.79 Å². The van der Waals surface area contributed by atoms with Crippen LogP contribution in [0.5, 0.6) is 0 Å². The molecule has 0 N–H and O–H groups in total. The highest BCUT2D eigenvalue weighted by molar-refractivity contribution is 7.14. The number of rotatable bonds is 5. The molecule has 0 aliphatic rings. The first-order valence-electron chi connectivity index (χ1n) is 5.99. The minimum Gasteiger partial charge on any atom is -0.288 e. The van der Waals surface area contributed by atoms with Crippen LogP contribution in [0.3, 0.4) is 0 Å². The maximum absolute atomic E-state index is 11.9. The van der Waals surface area contributed by atoms with Gasteiger partial charge in [0.05, 0.1) is 11.1 Å². The molecular weight excluding hydrogens is 244 g/mol. The lowest BCUT2D eigenvalue weighted by molar-refractivity contribution is 0.105.